The Balaban J connectivity index is 1.33. The Hall–Kier alpha value is -3.69. The number of nitrogens with zero attached hydrogens (tertiary/aromatic N) is 6. The van der Waals surface area contributed by atoms with Crippen molar-refractivity contribution < 1.29 is 9.53 Å². The van der Waals surface area contributed by atoms with Crippen LogP contribution < -0.4 is 5.32 Å². The number of aryl methyl sites for hydroxylation is 1. The number of hydrogen-bond acceptors (Lipinski definition) is 7. The molecule has 162 valence electrons. The Morgan fingerprint density at radius 3 is 2.81 bits per heavy atom. The predicted octanol–water partition coefficient (Wildman–Crippen LogP) is 2.51. The van der Waals surface area contributed by atoms with Crippen molar-refractivity contribution in [2.45, 2.75) is 6.54 Å². The van der Waals surface area contributed by atoms with E-state index in [0.29, 0.717) is 17.9 Å². The van der Waals surface area contributed by atoms with E-state index in [-0.39, 0.29) is 5.91 Å². The van der Waals surface area contributed by atoms with Crippen LogP contribution >= 0.6 is 0 Å². The van der Waals surface area contributed by atoms with E-state index < -0.39 is 0 Å². The fraction of sp³-hybridized carbons (Fsp3) is 0.261. The van der Waals surface area contributed by atoms with Crippen LogP contribution in [0.3, 0.4) is 0 Å². The lowest BCUT2D eigenvalue weighted by Crippen LogP contribution is -2.35. The van der Waals surface area contributed by atoms with Crippen LogP contribution in [0.5, 0.6) is 0 Å². The molecule has 1 N–H and O–H groups in total. The van der Waals surface area contributed by atoms with Gasteiger partial charge in [-0.05, 0) is 24.3 Å². The zero-order valence-electron chi connectivity index (χ0n) is 17.7. The second-order valence-corrected chi connectivity index (χ2v) is 7.74. The van der Waals surface area contributed by atoms with Gasteiger partial charge in [-0.25, -0.2) is 9.97 Å². The largest absolute Gasteiger partial charge is 0.379 e. The van der Waals surface area contributed by atoms with Crippen molar-refractivity contribution in [3.8, 4) is 11.3 Å². The third-order valence-corrected chi connectivity index (χ3v) is 5.38. The molecule has 0 spiro atoms. The van der Waals surface area contributed by atoms with Gasteiger partial charge in [-0.2, -0.15) is 5.10 Å². The molecule has 1 aliphatic rings. The van der Waals surface area contributed by atoms with Gasteiger partial charge < -0.3 is 10.1 Å². The molecular weight excluding hydrogens is 406 g/mol. The molecule has 0 aliphatic carbocycles. The van der Waals surface area contributed by atoms with Gasteiger partial charge in [-0.3, -0.25) is 19.4 Å². The van der Waals surface area contributed by atoms with Crippen LogP contribution in [-0.2, 0) is 18.3 Å². The minimum atomic E-state index is -0.231. The van der Waals surface area contributed by atoms with E-state index in [1.54, 1.807) is 35.4 Å². The third kappa shape index (κ3) is 4.48. The molecule has 5 rings (SSSR count). The number of hydrogen-bond donors (Lipinski definition) is 1. The Bertz CT molecular complexity index is 1260. The first kappa shape index (κ1) is 20.2. The normalized spacial score (nSPS) is 14.5. The van der Waals surface area contributed by atoms with Gasteiger partial charge in [0, 0.05) is 67.9 Å². The van der Waals surface area contributed by atoms with Crippen LogP contribution in [-0.4, -0.2) is 61.8 Å². The molecule has 0 bridgehead atoms. The van der Waals surface area contributed by atoms with Crippen molar-refractivity contribution in [3.05, 3.63) is 66.4 Å². The second-order valence-electron chi connectivity index (χ2n) is 7.74. The summed E-state index contributed by atoms with van der Waals surface area (Å²) in [6, 6.07) is 9.21. The average molecular weight is 429 g/mol. The number of carbonyl (C=O) groups excluding carboxylic acids is 1. The van der Waals surface area contributed by atoms with Gasteiger partial charge in [-0.15, -0.1) is 0 Å². The molecule has 9 heteroatoms. The SMILES string of the molecule is Cn1cc(-c2ccc3cnc(NC(=O)c4ccnc(CN5CCOCC5)c4)cc3n2)cn1. The number of anilines is 1. The van der Waals surface area contributed by atoms with Gasteiger partial charge in [0.05, 0.1) is 36.3 Å². The van der Waals surface area contributed by atoms with Crippen LogP contribution in [0, 0.1) is 0 Å². The Morgan fingerprint density at radius 2 is 2.00 bits per heavy atom. The maximum atomic E-state index is 12.8. The second kappa shape index (κ2) is 8.81. The van der Waals surface area contributed by atoms with Crippen LogP contribution in [0.1, 0.15) is 16.1 Å². The molecule has 0 saturated carbocycles. The monoisotopic (exact) mass is 429 g/mol. The number of ether oxygens (including phenoxy) is 1. The summed E-state index contributed by atoms with van der Waals surface area (Å²) in [6.07, 6.45) is 7.06. The van der Waals surface area contributed by atoms with Crippen LogP contribution in [0.25, 0.3) is 22.2 Å². The zero-order chi connectivity index (χ0) is 21.9. The summed E-state index contributed by atoms with van der Waals surface area (Å²) in [6.45, 7) is 3.88. The lowest BCUT2D eigenvalue weighted by Gasteiger charge is -2.26. The minimum absolute atomic E-state index is 0.231. The number of nitrogens with one attached hydrogen (secondary N) is 1. The molecule has 1 amide bonds. The molecule has 9 nitrogen and oxygen atoms in total. The van der Waals surface area contributed by atoms with Gasteiger partial charge in [0.2, 0.25) is 0 Å². The van der Waals surface area contributed by atoms with Crippen LogP contribution in [0.15, 0.2) is 55.1 Å². The van der Waals surface area contributed by atoms with Gasteiger partial charge in [0.15, 0.2) is 0 Å². The third-order valence-electron chi connectivity index (χ3n) is 5.38. The Kier molecular flexibility index (Phi) is 5.57. The minimum Gasteiger partial charge on any atom is -0.379 e. The molecule has 32 heavy (non-hydrogen) atoms. The molecule has 1 saturated heterocycles. The van der Waals surface area contributed by atoms with Gasteiger partial charge >= 0.3 is 0 Å². The van der Waals surface area contributed by atoms with Crippen LogP contribution in [0.2, 0.25) is 0 Å². The highest BCUT2D eigenvalue weighted by atomic mass is 16.5. The maximum absolute atomic E-state index is 12.8. The summed E-state index contributed by atoms with van der Waals surface area (Å²) in [5, 5.41) is 7.97. The quantitative estimate of drug-likeness (QED) is 0.520. The van der Waals surface area contributed by atoms with Crippen molar-refractivity contribution in [3.63, 3.8) is 0 Å². The molecule has 0 radical (unpaired) electrons. The highest BCUT2D eigenvalue weighted by Gasteiger charge is 2.14. The van der Waals surface area contributed by atoms with E-state index in [1.165, 1.54) is 0 Å². The number of morpholine rings is 1. The number of carbonyl (C=O) groups is 1. The summed E-state index contributed by atoms with van der Waals surface area (Å²) in [7, 11) is 1.87. The summed E-state index contributed by atoms with van der Waals surface area (Å²) in [5.74, 6) is 0.218. The lowest BCUT2D eigenvalue weighted by molar-refractivity contribution is 0.0336. The Morgan fingerprint density at radius 1 is 1.12 bits per heavy atom. The number of aromatic nitrogens is 5. The first-order valence-electron chi connectivity index (χ1n) is 10.5. The first-order valence-corrected chi connectivity index (χ1v) is 10.5. The lowest BCUT2D eigenvalue weighted by atomic mass is 10.2. The van der Waals surface area contributed by atoms with Crippen molar-refractivity contribution >= 4 is 22.6 Å². The molecule has 4 aromatic heterocycles. The fourth-order valence-electron chi connectivity index (χ4n) is 3.68. The van der Waals surface area contributed by atoms with Gasteiger partial charge in [0.25, 0.3) is 5.91 Å². The summed E-state index contributed by atoms with van der Waals surface area (Å²) >= 11 is 0. The highest BCUT2D eigenvalue weighted by molar-refractivity contribution is 6.04. The first-order chi connectivity index (χ1) is 15.6. The van der Waals surface area contributed by atoms with Crippen molar-refractivity contribution in [2.24, 2.45) is 7.05 Å². The molecule has 0 aromatic carbocycles. The van der Waals surface area contributed by atoms with Gasteiger partial charge in [-0.1, -0.05) is 0 Å². The van der Waals surface area contributed by atoms with Gasteiger partial charge in [0.1, 0.15) is 5.82 Å². The van der Waals surface area contributed by atoms with E-state index in [2.05, 4.69) is 25.3 Å². The van der Waals surface area contributed by atoms with E-state index in [4.69, 9.17) is 9.72 Å². The molecule has 0 unspecified atom stereocenters. The topological polar surface area (TPSA) is 98.1 Å². The molecular formula is C23H23N7O2. The van der Waals surface area contributed by atoms with E-state index in [0.717, 1.165) is 54.2 Å². The number of fused-ring (bicyclic) bond motifs is 1. The fourth-order valence-corrected chi connectivity index (χ4v) is 3.68. The van der Waals surface area contributed by atoms with E-state index >= 15 is 0 Å². The standard InChI is InChI=1S/C23H23N7O2/c1-29-14-18(13-26-29)20-3-2-17-12-25-22(11-21(17)27-20)28-23(31)16-4-5-24-19(10-16)15-30-6-8-32-9-7-30/h2-5,10-14H,6-9,15H2,1H3,(H,25,28,31). The molecule has 0 atom stereocenters. The number of amides is 1. The number of pyridine rings is 3. The maximum Gasteiger partial charge on any atom is 0.256 e. The zero-order valence-corrected chi connectivity index (χ0v) is 17.7. The number of rotatable bonds is 5. The smallest absolute Gasteiger partial charge is 0.256 e. The highest BCUT2D eigenvalue weighted by Crippen LogP contribution is 2.22. The molecule has 5 heterocycles. The van der Waals surface area contributed by atoms with Crippen molar-refractivity contribution in [1.82, 2.24) is 29.6 Å². The summed E-state index contributed by atoms with van der Waals surface area (Å²) in [5.41, 5.74) is 3.90. The average Bonchev–Trinajstić information content (AvgIpc) is 3.26. The van der Waals surface area contributed by atoms with E-state index in [1.807, 2.05) is 31.4 Å². The van der Waals surface area contributed by atoms with E-state index in [9.17, 15) is 4.79 Å². The van der Waals surface area contributed by atoms with Crippen molar-refractivity contribution in [1.29, 1.82) is 0 Å². The summed E-state index contributed by atoms with van der Waals surface area (Å²) < 4.78 is 7.12. The van der Waals surface area contributed by atoms with Crippen LogP contribution in [0.4, 0.5) is 5.82 Å². The Labute approximate surface area is 185 Å². The molecule has 4 aromatic rings. The summed E-state index contributed by atoms with van der Waals surface area (Å²) in [4.78, 5) is 28.6. The van der Waals surface area contributed by atoms with Crippen molar-refractivity contribution in [2.75, 3.05) is 31.6 Å². The molecule has 1 fully saturated rings. The predicted molar refractivity (Wildman–Crippen MR) is 120 cm³/mol. The molecule has 1 aliphatic heterocycles.